The summed E-state index contributed by atoms with van der Waals surface area (Å²) in [5, 5.41) is 0.879. The van der Waals surface area contributed by atoms with Gasteiger partial charge in [-0.3, -0.25) is 0 Å². The summed E-state index contributed by atoms with van der Waals surface area (Å²) in [7, 11) is 0. The minimum atomic E-state index is -0.516. The van der Waals surface area contributed by atoms with Gasteiger partial charge in [-0.05, 0) is 20.8 Å². The van der Waals surface area contributed by atoms with Gasteiger partial charge in [0.05, 0.1) is 0 Å². The zero-order chi connectivity index (χ0) is 26.7. The Kier molecular flexibility index (Phi) is 8.34. The number of rotatable bonds is 5. The molecule has 0 N–H and O–H groups in total. The second-order valence-corrected chi connectivity index (χ2v) is 14.7. The summed E-state index contributed by atoms with van der Waals surface area (Å²) in [6.45, 7) is 8.10. The van der Waals surface area contributed by atoms with Crippen molar-refractivity contribution in [3.05, 3.63) is 42.3 Å². The Hall–Kier alpha value is -2.51. The molecule has 38 heavy (non-hydrogen) atoms. The SMILES string of the molecule is CC(C)(C)OC(=O)N1CCN(c2nc(-c3ccc(F)cc3)c(-c3ccnc([As]C4CCCCC4)n3)s2)CC1. The van der Waals surface area contributed by atoms with E-state index < -0.39 is 5.60 Å². The van der Waals surface area contributed by atoms with Gasteiger partial charge >= 0.3 is 209 Å². The van der Waals surface area contributed by atoms with Crippen LogP contribution >= 0.6 is 11.3 Å². The molecule has 0 spiro atoms. The van der Waals surface area contributed by atoms with Gasteiger partial charge in [0.2, 0.25) is 0 Å². The van der Waals surface area contributed by atoms with Crippen LogP contribution in [0.2, 0.25) is 4.71 Å². The summed E-state index contributed by atoms with van der Waals surface area (Å²) >= 11 is 1.52. The van der Waals surface area contributed by atoms with Crippen LogP contribution in [-0.2, 0) is 4.74 Å². The van der Waals surface area contributed by atoms with Gasteiger partial charge in [0.1, 0.15) is 5.60 Å². The average molecular weight is 599 g/mol. The molecule has 0 bridgehead atoms. The molecular formula is C28H34AsFN5O2S. The Morgan fingerprint density at radius 3 is 2.42 bits per heavy atom. The maximum absolute atomic E-state index is 13.7. The number of carbonyl (C=O) groups is 1. The number of thiazole rings is 1. The summed E-state index contributed by atoms with van der Waals surface area (Å²) in [5.74, 6) is -0.273. The first-order valence-electron chi connectivity index (χ1n) is 13.3. The predicted molar refractivity (Wildman–Crippen MR) is 151 cm³/mol. The fraction of sp³-hybridized carbons (Fsp3) is 0.500. The van der Waals surface area contributed by atoms with Crippen molar-refractivity contribution in [2.24, 2.45) is 0 Å². The number of aromatic nitrogens is 3. The zero-order valence-electron chi connectivity index (χ0n) is 22.2. The van der Waals surface area contributed by atoms with Gasteiger partial charge in [-0.15, -0.1) is 0 Å². The van der Waals surface area contributed by atoms with Crippen LogP contribution in [0.3, 0.4) is 0 Å². The number of halogens is 1. The minimum absolute atomic E-state index is 0.0784. The Labute approximate surface area is 234 Å². The molecule has 1 aliphatic heterocycles. The normalized spacial score (nSPS) is 17.4. The van der Waals surface area contributed by atoms with Crippen LogP contribution in [0.1, 0.15) is 52.9 Å². The fourth-order valence-electron chi connectivity index (χ4n) is 4.74. The van der Waals surface area contributed by atoms with Gasteiger partial charge in [-0.1, -0.05) is 0 Å². The van der Waals surface area contributed by atoms with Crippen LogP contribution in [0.5, 0.6) is 0 Å². The first-order valence-corrected chi connectivity index (χ1v) is 16.1. The van der Waals surface area contributed by atoms with Gasteiger partial charge in [0.25, 0.3) is 0 Å². The summed E-state index contributed by atoms with van der Waals surface area (Å²) in [4.78, 5) is 32.1. The van der Waals surface area contributed by atoms with Crippen molar-refractivity contribution < 1.29 is 13.9 Å². The molecule has 2 aliphatic rings. The number of nitrogens with zero attached hydrogens (tertiary/aromatic N) is 5. The van der Waals surface area contributed by atoms with E-state index in [-0.39, 0.29) is 27.7 Å². The third-order valence-electron chi connectivity index (χ3n) is 6.68. The summed E-state index contributed by atoms with van der Waals surface area (Å²) in [6.07, 6.45) is 8.13. The average Bonchev–Trinajstić information content (AvgIpc) is 3.35. The monoisotopic (exact) mass is 598 g/mol. The molecule has 0 atom stereocenters. The van der Waals surface area contributed by atoms with Crippen LogP contribution in [0, 0.1) is 5.82 Å². The van der Waals surface area contributed by atoms with Crippen molar-refractivity contribution >= 4 is 42.9 Å². The quantitative estimate of drug-likeness (QED) is 0.359. The topological polar surface area (TPSA) is 71.5 Å². The van der Waals surface area contributed by atoms with Crippen LogP contribution in [0.4, 0.5) is 14.3 Å². The van der Waals surface area contributed by atoms with E-state index >= 15 is 0 Å². The number of piperazine rings is 1. The Balaban J connectivity index is 1.39. The molecule has 1 saturated carbocycles. The number of anilines is 1. The van der Waals surface area contributed by atoms with Gasteiger partial charge in [-0.2, -0.15) is 0 Å². The molecular weight excluding hydrogens is 564 g/mol. The standard InChI is InChI=1S/C28H34AsFN5O2S/c1-28(2,3)37-27(36)35-17-15-34(16-18-35)26-33-23(19-9-11-21(30)12-10-19)24(38-26)22-13-14-31-25(32-22)29-20-7-5-4-6-8-20/h9-14,20H,4-8,15-18H2,1-3H3. The molecule has 1 aliphatic carbocycles. The number of hydrogen-bond donors (Lipinski definition) is 0. The maximum atomic E-state index is 13.7. The zero-order valence-corrected chi connectivity index (χ0v) is 24.9. The van der Waals surface area contributed by atoms with Crippen molar-refractivity contribution in [2.45, 2.75) is 63.2 Å². The first-order chi connectivity index (χ1) is 18.2. The van der Waals surface area contributed by atoms with E-state index in [2.05, 4.69) is 9.88 Å². The van der Waals surface area contributed by atoms with Crippen molar-refractivity contribution in [2.75, 3.05) is 31.1 Å². The first kappa shape index (κ1) is 27.1. The molecule has 1 saturated heterocycles. The van der Waals surface area contributed by atoms with Crippen LogP contribution < -0.4 is 9.51 Å². The molecule has 2 aromatic heterocycles. The number of carbonyl (C=O) groups excluding carboxylic acids is 1. The van der Waals surface area contributed by atoms with Gasteiger partial charge < -0.3 is 0 Å². The molecule has 1 amide bonds. The molecule has 201 valence electrons. The van der Waals surface area contributed by atoms with Gasteiger partial charge in [0.15, 0.2) is 0 Å². The molecule has 1 aromatic carbocycles. The van der Waals surface area contributed by atoms with Gasteiger partial charge in [0, 0.05) is 0 Å². The van der Waals surface area contributed by atoms with Crippen LogP contribution in [-0.4, -0.2) is 73.5 Å². The van der Waals surface area contributed by atoms with E-state index in [9.17, 15) is 9.18 Å². The van der Waals surface area contributed by atoms with Crippen molar-refractivity contribution in [1.29, 1.82) is 0 Å². The summed E-state index contributed by atoms with van der Waals surface area (Å²) < 4.78 is 21.0. The van der Waals surface area contributed by atoms with E-state index in [1.54, 1.807) is 28.4 Å². The van der Waals surface area contributed by atoms with Crippen LogP contribution in [0.25, 0.3) is 21.8 Å². The van der Waals surface area contributed by atoms with Gasteiger partial charge in [-0.25, -0.2) is 0 Å². The Morgan fingerprint density at radius 1 is 1.03 bits per heavy atom. The molecule has 10 heteroatoms. The molecule has 3 heterocycles. The van der Waals surface area contributed by atoms with E-state index in [1.807, 2.05) is 33.0 Å². The number of amides is 1. The molecule has 2 fully saturated rings. The number of hydrogen-bond acceptors (Lipinski definition) is 7. The molecule has 0 unspecified atom stereocenters. The summed E-state index contributed by atoms with van der Waals surface area (Å²) in [5.41, 5.74) is 2.02. The van der Waals surface area contributed by atoms with Crippen molar-refractivity contribution in [3.63, 3.8) is 0 Å². The molecule has 1 radical (unpaired) electrons. The Morgan fingerprint density at radius 2 is 1.74 bits per heavy atom. The molecule has 7 nitrogen and oxygen atoms in total. The third kappa shape index (κ3) is 6.73. The van der Waals surface area contributed by atoms with E-state index in [0.717, 1.165) is 36.3 Å². The van der Waals surface area contributed by atoms with E-state index in [1.165, 1.54) is 44.2 Å². The Bertz CT molecular complexity index is 1250. The number of benzene rings is 1. The summed E-state index contributed by atoms with van der Waals surface area (Å²) in [6, 6.07) is 8.44. The van der Waals surface area contributed by atoms with E-state index in [4.69, 9.17) is 14.7 Å². The van der Waals surface area contributed by atoms with Crippen LogP contribution in [0.15, 0.2) is 36.5 Å². The second kappa shape index (κ2) is 11.7. The third-order valence-corrected chi connectivity index (χ3v) is 10.6. The number of ether oxygens (including phenoxy) is 1. The second-order valence-electron chi connectivity index (χ2n) is 10.8. The van der Waals surface area contributed by atoms with Crippen molar-refractivity contribution in [3.8, 4) is 21.8 Å². The molecule has 3 aromatic rings. The van der Waals surface area contributed by atoms with Crippen molar-refractivity contribution in [1.82, 2.24) is 19.9 Å². The predicted octanol–water partition coefficient (Wildman–Crippen LogP) is 5.55. The molecule has 5 rings (SSSR count). The van der Waals surface area contributed by atoms with E-state index in [0.29, 0.717) is 26.2 Å². The fourth-order valence-corrected chi connectivity index (χ4v) is 8.47.